The molecule has 0 spiro atoms. The van der Waals surface area contributed by atoms with Crippen LogP contribution in [0.4, 0.5) is 11.4 Å². The number of aryl methyl sites for hydroxylation is 1. The number of anilines is 2. The van der Waals surface area contributed by atoms with Crippen molar-refractivity contribution in [2.45, 2.75) is 6.92 Å². The first-order valence-corrected chi connectivity index (χ1v) is 9.18. The van der Waals surface area contributed by atoms with Crippen LogP contribution in [0.5, 0.6) is 0 Å². The molecule has 0 radical (unpaired) electrons. The van der Waals surface area contributed by atoms with Crippen molar-refractivity contribution in [2.24, 2.45) is 0 Å². The highest BCUT2D eigenvalue weighted by Gasteiger charge is 2.32. The predicted octanol–water partition coefficient (Wildman–Crippen LogP) is 2.64. The minimum Gasteiger partial charge on any atom is -0.466 e. The van der Waals surface area contributed by atoms with Crippen molar-refractivity contribution >= 4 is 29.2 Å². The summed E-state index contributed by atoms with van der Waals surface area (Å²) in [4.78, 5) is 38.5. The predicted molar refractivity (Wildman–Crippen MR) is 110 cm³/mol. The Morgan fingerprint density at radius 3 is 2.27 bits per heavy atom. The monoisotopic (exact) mass is 410 g/mol. The van der Waals surface area contributed by atoms with Crippen molar-refractivity contribution in [1.82, 2.24) is 0 Å². The van der Waals surface area contributed by atoms with E-state index in [2.05, 4.69) is 5.32 Å². The lowest BCUT2D eigenvalue weighted by Crippen LogP contribution is -2.38. The first kappa shape index (κ1) is 21.1. The van der Waals surface area contributed by atoms with Gasteiger partial charge in [-0.15, -0.1) is 0 Å². The molecule has 2 aromatic rings. The first-order chi connectivity index (χ1) is 14.5. The number of methoxy groups -OCH3 is 2. The second-order valence-electron chi connectivity index (χ2n) is 6.53. The lowest BCUT2D eigenvalue weighted by atomic mass is 10.1. The average molecular weight is 410 g/mol. The van der Waals surface area contributed by atoms with Gasteiger partial charge in [-0.2, -0.15) is 0 Å². The van der Waals surface area contributed by atoms with Crippen LogP contribution in [-0.2, 0) is 23.8 Å². The fourth-order valence-electron chi connectivity index (χ4n) is 3.05. The Bertz CT molecular complexity index is 997. The molecule has 8 heteroatoms. The smallest absolute Gasteiger partial charge is 0.355 e. The van der Waals surface area contributed by atoms with Crippen molar-refractivity contribution < 1.29 is 28.6 Å². The number of ether oxygens (including phenoxy) is 3. The quantitative estimate of drug-likeness (QED) is 0.758. The Balaban J connectivity index is 1.87. The van der Waals surface area contributed by atoms with Gasteiger partial charge in [0.05, 0.1) is 26.4 Å². The third-order valence-corrected chi connectivity index (χ3v) is 4.67. The summed E-state index contributed by atoms with van der Waals surface area (Å²) in [6, 6.07) is 14.1. The highest BCUT2D eigenvalue weighted by Crippen LogP contribution is 2.27. The van der Waals surface area contributed by atoms with Gasteiger partial charge in [0.2, 0.25) is 0 Å². The van der Waals surface area contributed by atoms with Gasteiger partial charge in [0, 0.05) is 16.9 Å². The number of nitrogens with zero attached hydrogens (tertiary/aromatic N) is 1. The van der Waals surface area contributed by atoms with Crippen LogP contribution in [0.25, 0.3) is 0 Å². The van der Waals surface area contributed by atoms with Gasteiger partial charge in [-0.05, 0) is 42.8 Å². The molecule has 0 unspecified atom stereocenters. The van der Waals surface area contributed by atoms with E-state index >= 15 is 0 Å². The van der Waals surface area contributed by atoms with E-state index in [1.807, 2.05) is 31.2 Å². The van der Waals surface area contributed by atoms with Crippen molar-refractivity contribution in [1.29, 1.82) is 0 Å². The van der Waals surface area contributed by atoms with Gasteiger partial charge in [-0.3, -0.25) is 4.79 Å². The number of amides is 1. The molecule has 1 N–H and O–H groups in total. The minimum atomic E-state index is -0.680. The van der Waals surface area contributed by atoms with E-state index in [0.717, 1.165) is 11.3 Å². The SMILES string of the molecule is COC(=O)C1=C(C(=O)OC)N(c2ccc(C(=O)Nc3ccccc3C)cc2)COC1. The number of rotatable bonds is 5. The van der Waals surface area contributed by atoms with Crippen LogP contribution < -0.4 is 10.2 Å². The number of para-hydroxylation sites is 1. The lowest BCUT2D eigenvalue weighted by molar-refractivity contribution is -0.140. The van der Waals surface area contributed by atoms with Gasteiger partial charge < -0.3 is 24.4 Å². The van der Waals surface area contributed by atoms with Crippen LogP contribution in [0.3, 0.4) is 0 Å². The number of esters is 2. The first-order valence-electron chi connectivity index (χ1n) is 9.18. The summed E-state index contributed by atoms with van der Waals surface area (Å²) in [5, 5.41) is 2.87. The maximum Gasteiger partial charge on any atom is 0.355 e. The maximum absolute atomic E-state index is 12.6. The summed E-state index contributed by atoms with van der Waals surface area (Å²) in [6.45, 7) is 1.89. The zero-order chi connectivity index (χ0) is 21.7. The number of carbonyl (C=O) groups excluding carboxylic acids is 3. The van der Waals surface area contributed by atoms with E-state index in [1.54, 1.807) is 24.3 Å². The molecule has 0 fully saturated rings. The molecule has 156 valence electrons. The maximum atomic E-state index is 12.6. The summed E-state index contributed by atoms with van der Waals surface area (Å²) in [5.41, 5.74) is 2.80. The largest absolute Gasteiger partial charge is 0.466 e. The van der Waals surface area contributed by atoms with Crippen LogP contribution in [0.1, 0.15) is 15.9 Å². The number of hydrogen-bond acceptors (Lipinski definition) is 7. The van der Waals surface area contributed by atoms with E-state index in [9.17, 15) is 14.4 Å². The highest BCUT2D eigenvalue weighted by molar-refractivity contribution is 6.05. The van der Waals surface area contributed by atoms with Gasteiger partial charge in [0.25, 0.3) is 5.91 Å². The molecule has 0 aliphatic carbocycles. The molecule has 8 nitrogen and oxygen atoms in total. The van der Waals surface area contributed by atoms with E-state index < -0.39 is 11.9 Å². The van der Waals surface area contributed by atoms with E-state index in [-0.39, 0.29) is 30.5 Å². The van der Waals surface area contributed by atoms with Crippen molar-refractivity contribution in [3.8, 4) is 0 Å². The molecular formula is C22H22N2O6. The Hall–Kier alpha value is -3.65. The van der Waals surface area contributed by atoms with Crippen molar-refractivity contribution in [2.75, 3.05) is 37.8 Å². The Labute approximate surface area is 174 Å². The van der Waals surface area contributed by atoms with Gasteiger partial charge in [0.1, 0.15) is 12.4 Å². The second kappa shape index (κ2) is 9.23. The molecule has 0 atom stereocenters. The van der Waals surface area contributed by atoms with E-state index in [0.29, 0.717) is 11.3 Å². The molecule has 2 aromatic carbocycles. The average Bonchev–Trinajstić information content (AvgIpc) is 2.79. The summed E-state index contributed by atoms with van der Waals surface area (Å²) < 4.78 is 15.0. The number of hydrogen-bond donors (Lipinski definition) is 1. The molecule has 0 saturated carbocycles. The lowest BCUT2D eigenvalue weighted by Gasteiger charge is -2.31. The number of carbonyl (C=O) groups is 3. The molecule has 0 aromatic heterocycles. The van der Waals surface area contributed by atoms with Crippen LogP contribution in [0.15, 0.2) is 59.8 Å². The van der Waals surface area contributed by atoms with Crippen LogP contribution >= 0.6 is 0 Å². The van der Waals surface area contributed by atoms with Gasteiger partial charge in [-0.25, -0.2) is 9.59 Å². The van der Waals surface area contributed by atoms with E-state index in [4.69, 9.17) is 14.2 Å². The molecule has 3 rings (SSSR count). The zero-order valence-corrected chi connectivity index (χ0v) is 16.9. The number of benzene rings is 2. The molecular weight excluding hydrogens is 388 g/mol. The fourth-order valence-corrected chi connectivity index (χ4v) is 3.05. The Morgan fingerprint density at radius 1 is 0.967 bits per heavy atom. The van der Waals surface area contributed by atoms with Crippen LogP contribution in [0.2, 0.25) is 0 Å². The summed E-state index contributed by atoms with van der Waals surface area (Å²) in [5.74, 6) is -1.61. The molecule has 1 aliphatic rings. The highest BCUT2D eigenvalue weighted by atomic mass is 16.5. The normalized spacial score (nSPS) is 13.6. The van der Waals surface area contributed by atoms with Crippen LogP contribution in [-0.4, -0.2) is 45.4 Å². The van der Waals surface area contributed by atoms with Gasteiger partial charge in [0.15, 0.2) is 0 Å². The fraction of sp³-hybridized carbons (Fsp3) is 0.227. The molecule has 1 heterocycles. The summed E-state index contributed by atoms with van der Waals surface area (Å²) in [7, 11) is 2.46. The van der Waals surface area contributed by atoms with Gasteiger partial charge in [-0.1, -0.05) is 18.2 Å². The standard InChI is InChI=1S/C22H22N2O6/c1-14-6-4-5-7-18(14)23-20(25)15-8-10-16(11-9-15)24-13-30-12-17(21(26)28-2)19(24)22(27)29-3/h4-11H,12-13H2,1-3H3,(H,23,25). The molecule has 30 heavy (non-hydrogen) atoms. The Morgan fingerprint density at radius 2 is 1.63 bits per heavy atom. The van der Waals surface area contributed by atoms with Crippen LogP contribution in [0, 0.1) is 6.92 Å². The molecule has 0 bridgehead atoms. The summed E-state index contributed by atoms with van der Waals surface area (Å²) >= 11 is 0. The topological polar surface area (TPSA) is 94.2 Å². The third kappa shape index (κ3) is 4.33. The summed E-state index contributed by atoms with van der Waals surface area (Å²) in [6.07, 6.45) is 0. The van der Waals surface area contributed by atoms with Crippen molar-refractivity contribution in [3.63, 3.8) is 0 Å². The molecule has 0 saturated heterocycles. The van der Waals surface area contributed by atoms with E-state index in [1.165, 1.54) is 19.1 Å². The zero-order valence-electron chi connectivity index (χ0n) is 16.9. The van der Waals surface area contributed by atoms with Crippen molar-refractivity contribution in [3.05, 3.63) is 70.9 Å². The Kier molecular flexibility index (Phi) is 6.48. The third-order valence-electron chi connectivity index (χ3n) is 4.67. The second-order valence-corrected chi connectivity index (χ2v) is 6.53. The minimum absolute atomic E-state index is 0.0413. The molecule has 1 amide bonds. The molecule has 1 aliphatic heterocycles. The van der Waals surface area contributed by atoms with Gasteiger partial charge >= 0.3 is 11.9 Å². The number of nitrogens with one attached hydrogen (secondary N) is 1.